The molecule has 1 aromatic carbocycles. The first-order chi connectivity index (χ1) is 11.5. The molecule has 0 saturated heterocycles. The zero-order valence-electron chi connectivity index (χ0n) is 12.9. The maximum atomic E-state index is 14.2. The smallest absolute Gasteiger partial charge is 0.283 e. The molecule has 1 amide bonds. The second-order valence-electron chi connectivity index (χ2n) is 5.70. The van der Waals surface area contributed by atoms with E-state index in [0.717, 1.165) is 11.1 Å². The standard InChI is InChI=1S/C17H14ClFN4O/c1-21-16-11(3-2-4-14(16)19)7-8-23(21)17(24)15-9-13-6-5-12(18)10-22(13)20-15/h2-6,9-10H,7-8H2,1H3. The first kappa shape index (κ1) is 15.0. The van der Waals surface area contributed by atoms with E-state index < -0.39 is 0 Å². The van der Waals surface area contributed by atoms with Crippen molar-refractivity contribution in [2.75, 3.05) is 18.6 Å². The Balaban J connectivity index is 1.70. The molecule has 7 heteroatoms. The lowest BCUT2D eigenvalue weighted by Gasteiger charge is -2.38. The predicted molar refractivity (Wildman–Crippen MR) is 89.7 cm³/mol. The highest BCUT2D eigenvalue weighted by Gasteiger charge is 2.29. The van der Waals surface area contributed by atoms with Crippen molar-refractivity contribution in [3.8, 4) is 0 Å². The fraction of sp³-hybridized carbons (Fsp3) is 0.176. The SMILES string of the molecule is CN1c2c(F)cccc2CCN1C(=O)c1cc2ccc(Cl)cn2n1. The first-order valence-electron chi connectivity index (χ1n) is 7.52. The summed E-state index contributed by atoms with van der Waals surface area (Å²) in [5, 5.41) is 7.89. The average Bonchev–Trinajstić information content (AvgIpc) is 2.97. The number of carbonyl (C=O) groups excluding carboxylic acids is 1. The number of benzene rings is 1. The number of hydrogen-bond acceptors (Lipinski definition) is 3. The van der Waals surface area contributed by atoms with Gasteiger partial charge in [0, 0.05) is 19.8 Å². The quantitative estimate of drug-likeness (QED) is 0.681. The van der Waals surface area contributed by atoms with Crippen molar-refractivity contribution < 1.29 is 9.18 Å². The number of amides is 1. The molecule has 0 N–H and O–H groups in total. The molecule has 0 bridgehead atoms. The van der Waals surface area contributed by atoms with Crippen molar-refractivity contribution in [3.63, 3.8) is 0 Å². The lowest BCUT2D eigenvalue weighted by atomic mass is 10.1. The molecule has 0 saturated carbocycles. The second-order valence-corrected chi connectivity index (χ2v) is 6.13. The molecular formula is C17H14ClFN4O. The van der Waals surface area contributed by atoms with Crippen LogP contribution in [0.2, 0.25) is 5.02 Å². The molecule has 2 aromatic heterocycles. The topological polar surface area (TPSA) is 40.9 Å². The van der Waals surface area contributed by atoms with Crippen LogP contribution in [-0.2, 0) is 6.42 Å². The highest BCUT2D eigenvalue weighted by atomic mass is 35.5. The Morgan fingerprint density at radius 1 is 1.29 bits per heavy atom. The van der Waals surface area contributed by atoms with Crippen molar-refractivity contribution in [3.05, 3.63) is 64.7 Å². The summed E-state index contributed by atoms with van der Waals surface area (Å²) in [6, 6.07) is 10.2. The summed E-state index contributed by atoms with van der Waals surface area (Å²) in [5.41, 5.74) is 2.39. The van der Waals surface area contributed by atoms with Gasteiger partial charge in [-0.25, -0.2) is 13.9 Å². The van der Waals surface area contributed by atoms with Crippen LogP contribution in [-0.4, -0.2) is 34.1 Å². The summed E-state index contributed by atoms with van der Waals surface area (Å²) in [7, 11) is 1.69. The molecular weight excluding hydrogens is 331 g/mol. The monoisotopic (exact) mass is 344 g/mol. The van der Waals surface area contributed by atoms with E-state index in [-0.39, 0.29) is 11.7 Å². The van der Waals surface area contributed by atoms with Gasteiger partial charge in [-0.15, -0.1) is 0 Å². The Hall–Kier alpha value is -2.60. The van der Waals surface area contributed by atoms with Crippen molar-refractivity contribution in [2.24, 2.45) is 0 Å². The molecule has 24 heavy (non-hydrogen) atoms. The summed E-state index contributed by atoms with van der Waals surface area (Å²) < 4.78 is 15.7. The highest BCUT2D eigenvalue weighted by molar-refractivity contribution is 6.30. The van der Waals surface area contributed by atoms with E-state index in [0.29, 0.717) is 29.4 Å². The van der Waals surface area contributed by atoms with E-state index in [1.165, 1.54) is 11.1 Å². The molecule has 122 valence electrons. The van der Waals surface area contributed by atoms with Gasteiger partial charge in [0.1, 0.15) is 5.82 Å². The maximum absolute atomic E-state index is 14.2. The Morgan fingerprint density at radius 3 is 2.96 bits per heavy atom. The predicted octanol–water partition coefficient (Wildman–Crippen LogP) is 3.18. The van der Waals surface area contributed by atoms with Crippen molar-refractivity contribution in [1.82, 2.24) is 14.6 Å². The molecule has 0 fully saturated rings. The lowest BCUT2D eigenvalue weighted by Crippen LogP contribution is -2.49. The molecule has 1 aliphatic rings. The molecule has 0 radical (unpaired) electrons. The van der Waals surface area contributed by atoms with E-state index >= 15 is 0 Å². The molecule has 4 rings (SSSR count). The van der Waals surface area contributed by atoms with Crippen LogP contribution in [0.3, 0.4) is 0 Å². The minimum Gasteiger partial charge on any atom is -0.283 e. The number of hydrogen-bond donors (Lipinski definition) is 0. The lowest BCUT2D eigenvalue weighted by molar-refractivity contribution is 0.0731. The van der Waals surface area contributed by atoms with Crippen LogP contribution < -0.4 is 5.01 Å². The van der Waals surface area contributed by atoms with Crippen LogP contribution in [0.25, 0.3) is 5.52 Å². The zero-order chi connectivity index (χ0) is 16.8. The largest absolute Gasteiger partial charge is 0.292 e. The van der Waals surface area contributed by atoms with Gasteiger partial charge in [-0.05, 0) is 36.2 Å². The van der Waals surface area contributed by atoms with Gasteiger partial charge in [-0.2, -0.15) is 5.10 Å². The maximum Gasteiger partial charge on any atom is 0.292 e. The number of aromatic nitrogens is 2. The van der Waals surface area contributed by atoms with Crippen LogP contribution >= 0.6 is 11.6 Å². The summed E-state index contributed by atoms with van der Waals surface area (Å²) in [6.45, 7) is 0.473. The van der Waals surface area contributed by atoms with Crippen LogP contribution in [0.4, 0.5) is 10.1 Å². The van der Waals surface area contributed by atoms with Gasteiger partial charge >= 0.3 is 0 Å². The molecule has 0 atom stereocenters. The van der Waals surface area contributed by atoms with E-state index in [4.69, 9.17) is 11.6 Å². The fourth-order valence-corrected chi connectivity index (χ4v) is 3.21. The third-order valence-corrected chi connectivity index (χ3v) is 4.45. The minimum atomic E-state index is -0.339. The third-order valence-electron chi connectivity index (χ3n) is 4.23. The van der Waals surface area contributed by atoms with E-state index in [1.54, 1.807) is 47.0 Å². The number of hydrazine groups is 1. The van der Waals surface area contributed by atoms with Gasteiger partial charge < -0.3 is 0 Å². The Morgan fingerprint density at radius 2 is 2.12 bits per heavy atom. The summed E-state index contributed by atoms with van der Waals surface area (Å²) in [4.78, 5) is 12.8. The fourth-order valence-electron chi connectivity index (χ4n) is 3.06. The summed E-state index contributed by atoms with van der Waals surface area (Å²) >= 11 is 5.95. The molecule has 3 aromatic rings. The average molecular weight is 345 g/mol. The molecule has 0 aliphatic carbocycles. The Bertz CT molecular complexity index is 955. The first-order valence-corrected chi connectivity index (χ1v) is 7.90. The van der Waals surface area contributed by atoms with Gasteiger partial charge in [0.05, 0.1) is 16.2 Å². The van der Waals surface area contributed by atoms with Gasteiger partial charge in [0.2, 0.25) is 0 Å². The van der Waals surface area contributed by atoms with Crippen molar-refractivity contribution in [2.45, 2.75) is 6.42 Å². The molecule has 0 spiro atoms. The number of fused-ring (bicyclic) bond motifs is 2. The van der Waals surface area contributed by atoms with Gasteiger partial charge in [-0.1, -0.05) is 23.7 Å². The number of anilines is 1. The van der Waals surface area contributed by atoms with Crippen molar-refractivity contribution >= 4 is 28.7 Å². The normalized spacial score (nSPS) is 14.1. The molecule has 5 nitrogen and oxygen atoms in total. The van der Waals surface area contributed by atoms with E-state index in [2.05, 4.69) is 5.10 Å². The highest BCUT2D eigenvalue weighted by Crippen LogP contribution is 2.30. The van der Waals surface area contributed by atoms with Crippen LogP contribution in [0.5, 0.6) is 0 Å². The van der Waals surface area contributed by atoms with E-state index in [9.17, 15) is 9.18 Å². The van der Waals surface area contributed by atoms with Gasteiger partial charge in [0.25, 0.3) is 5.91 Å². The van der Waals surface area contributed by atoms with Gasteiger partial charge in [-0.3, -0.25) is 9.80 Å². The molecule has 3 heterocycles. The van der Waals surface area contributed by atoms with E-state index in [1.807, 2.05) is 6.07 Å². The Labute approximate surface area is 142 Å². The molecule has 1 aliphatic heterocycles. The second kappa shape index (κ2) is 5.49. The Kier molecular flexibility index (Phi) is 3.42. The van der Waals surface area contributed by atoms with Gasteiger partial charge in [0.15, 0.2) is 5.69 Å². The number of para-hydroxylation sites is 1. The van der Waals surface area contributed by atoms with Crippen LogP contribution in [0.15, 0.2) is 42.6 Å². The van der Waals surface area contributed by atoms with Crippen molar-refractivity contribution in [1.29, 1.82) is 0 Å². The number of pyridine rings is 1. The number of nitrogens with zero attached hydrogens (tertiary/aromatic N) is 4. The molecule has 0 unspecified atom stereocenters. The summed E-state index contributed by atoms with van der Waals surface area (Å²) in [6.07, 6.45) is 2.24. The van der Waals surface area contributed by atoms with Crippen LogP contribution in [0.1, 0.15) is 16.1 Å². The number of carbonyl (C=O) groups is 1. The summed E-state index contributed by atoms with van der Waals surface area (Å²) in [5.74, 6) is -0.611. The number of halogens is 2. The third kappa shape index (κ3) is 2.30. The number of rotatable bonds is 1. The van der Waals surface area contributed by atoms with Crippen LogP contribution in [0, 0.1) is 5.82 Å². The zero-order valence-corrected chi connectivity index (χ0v) is 13.7. The minimum absolute atomic E-state index is 0.272.